The van der Waals surface area contributed by atoms with Crippen LogP contribution in [-0.4, -0.2) is 38.2 Å². The Hall–Kier alpha value is -1.06. The van der Waals surface area contributed by atoms with Crippen LogP contribution in [0.4, 0.5) is 0 Å². The Balaban J connectivity index is 1.91. The molecule has 1 aliphatic heterocycles. The third kappa shape index (κ3) is 3.22. The summed E-state index contributed by atoms with van der Waals surface area (Å²) in [7, 11) is 1.70. The van der Waals surface area contributed by atoms with E-state index in [-0.39, 0.29) is 0 Å². The van der Waals surface area contributed by atoms with Crippen LogP contribution in [0.2, 0.25) is 0 Å². The zero-order valence-corrected chi connectivity index (χ0v) is 9.91. The fourth-order valence-electron chi connectivity index (χ4n) is 2.05. The fraction of sp³-hybridized carbons (Fsp3) is 0.538. The largest absolute Gasteiger partial charge is 0.497 e. The summed E-state index contributed by atoms with van der Waals surface area (Å²) in [5.41, 5.74) is 1.36. The van der Waals surface area contributed by atoms with Crippen molar-refractivity contribution in [1.82, 2.24) is 10.2 Å². The molecule has 0 aliphatic carbocycles. The third-order valence-corrected chi connectivity index (χ3v) is 3.00. The van der Waals surface area contributed by atoms with Gasteiger partial charge in [-0.05, 0) is 37.2 Å². The molecule has 1 aromatic rings. The number of methoxy groups -OCH3 is 1. The van der Waals surface area contributed by atoms with Gasteiger partial charge in [-0.2, -0.15) is 0 Å². The minimum Gasteiger partial charge on any atom is -0.497 e. The molecule has 1 aliphatic rings. The topological polar surface area (TPSA) is 24.5 Å². The molecule has 0 spiro atoms. The van der Waals surface area contributed by atoms with Gasteiger partial charge < -0.3 is 10.1 Å². The highest BCUT2D eigenvalue weighted by Crippen LogP contribution is 2.13. The van der Waals surface area contributed by atoms with Crippen LogP contribution in [0.3, 0.4) is 0 Å². The van der Waals surface area contributed by atoms with Crippen LogP contribution in [0, 0.1) is 0 Å². The number of nitrogens with zero attached hydrogens (tertiary/aromatic N) is 1. The van der Waals surface area contributed by atoms with E-state index in [0.29, 0.717) is 0 Å². The number of benzene rings is 1. The fourth-order valence-corrected chi connectivity index (χ4v) is 2.05. The van der Waals surface area contributed by atoms with Gasteiger partial charge >= 0.3 is 0 Å². The molecular weight excluding hydrogens is 200 g/mol. The quantitative estimate of drug-likeness (QED) is 0.835. The second kappa shape index (κ2) is 5.87. The van der Waals surface area contributed by atoms with Crippen LogP contribution in [0.15, 0.2) is 24.3 Å². The van der Waals surface area contributed by atoms with E-state index in [1.165, 1.54) is 18.5 Å². The molecule has 88 valence electrons. The molecule has 1 fully saturated rings. The molecule has 0 saturated carbocycles. The van der Waals surface area contributed by atoms with Gasteiger partial charge in [0, 0.05) is 19.6 Å². The summed E-state index contributed by atoms with van der Waals surface area (Å²) in [5.74, 6) is 0.932. The monoisotopic (exact) mass is 220 g/mol. The van der Waals surface area contributed by atoms with E-state index in [1.54, 1.807) is 7.11 Å². The van der Waals surface area contributed by atoms with Crippen molar-refractivity contribution in [1.29, 1.82) is 0 Å². The van der Waals surface area contributed by atoms with E-state index in [1.807, 2.05) is 12.1 Å². The Kier molecular flexibility index (Phi) is 4.19. The molecule has 0 aromatic heterocycles. The van der Waals surface area contributed by atoms with Crippen molar-refractivity contribution in [2.24, 2.45) is 0 Å². The molecule has 0 bridgehead atoms. The summed E-state index contributed by atoms with van der Waals surface area (Å²) < 4.78 is 5.16. The predicted octanol–water partition coefficient (Wildman–Crippen LogP) is 1.49. The highest BCUT2D eigenvalue weighted by atomic mass is 16.5. The normalized spacial score (nSPS) is 18.1. The maximum Gasteiger partial charge on any atom is 0.118 e. The lowest BCUT2D eigenvalue weighted by atomic mass is 10.2. The van der Waals surface area contributed by atoms with Gasteiger partial charge in [-0.15, -0.1) is 0 Å². The molecule has 16 heavy (non-hydrogen) atoms. The van der Waals surface area contributed by atoms with Gasteiger partial charge in [0.2, 0.25) is 0 Å². The lowest BCUT2D eigenvalue weighted by Crippen LogP contribution is -2.27. The maximum atomic E-state index is 5.16. The Morgan fingerprint density at radius 1 is 1.19 bits per heavy atom. The number of nitrogens with one attached hydrogen (secondary N) is 1. The number of hydrogen-bond acceptors (Lipinski definition) is 3. The average Bonchev–Trinajstić information content (AvgIpc) is 2.59. The Labute approximate surface area is 97.4 Å². The summed E-state index contributed by atoms with van der Waals surface area (Å²) >= 11 is 0. The molecule has 0 unspecified atom stereocenters. The SMILES string of the molecule is COc1ccc(CN2CCCNCC2)cc1. The average molecular weight is 220 g/mol. The maximum absolute atomic E-state index is 5.16. The molecule has 3 nitrogen and oxygen atoms in total. The van der Waals surface area contributed by atoms with Gasteiger partial charge in [-0.25, -0.2) is 0 Å². The van der Waals surface area contributed by atoms with Crippen LogP contribution >= 0.6 is 0 Å². The first-order chi connectivity index (χ1) is 7.88. The van der Waals surface area contributed by atoms with E-state index in [2.05, 4.69) is 22.3 Å². The highest BCUT2D eigenvalue weighted by Gasteiger charge is 2.08. The zero-order valence-electron chi connectivity index (χ0n) is 9.91. The van der Waals surface area contributed by atoms with Crippen molar-refractivity contribution in [2.75, 3.05) is 33.3 Å². The molecule has 1 saturated heterocycles. The Morgan fingerprint density at radius 3 is 2.75 bits per heavy atom. The lowest BCUT2D eigenvalue weighted by Gasteiger charge is -2.19. The van der Waals surface area contributed by atoms with Crippen molar-refractivity contribution < 1.29 is 4.74 Å². The first-order valence-electron chi connectivity index (χ1n) is 5.94. The van der Waals surface area contributed by atoms with Crippen LogP contribution < -0.4 is 10.1 Å². The van der Waals surface area contributed by atoms with Crippen molar-refractivity contribution >= 4 is 0 Å². The van der Waals surface area contributed by atoms with E-state index in [0.717, 1.165) is 31.9 Å². The first kappa shape index (κ1) is 11.4. The molecule has 1 heterocycles. The molecule has 0 atom stereocenters. The van der Waals surface area contributed by atoms with Gasteiger partial charge in [0.1, 0.15) is 5.75 Å². The lowest BCUT2D eigenvalue weighted by molar-refractivity contribution is 0.284. The number of rotatable bonds is 3. The summed E-state index contributed by atoms with van der Waals surface area (Å²) in [5, 5.41) is 3.42. The molecular formula is C13H20N2O. The molecule has 0 amide bonds. The number of ether oxygens (including phenoxy) is 1. The molecule has 3 heteroatoms. The minimum absolute atomic E-state index is 0.932. The van der Waals surface area contributed by atoms with Crippen molar-refractivity contribution in [2.45, 2.75) is 13.0 Å². The zero-order chi connectivity index (χ0) is 11.2. The molecule has 1 aromatic carbocycles. The van der Waals surface area contributed by atoms with E-state index < -0.39 is 0 Å². The van der Waals surface area contributed by atoms with Crippen LogP contribution in [0.1, 0.15) is 12.0 Å². The van der Waals surface area contributed by atoms with E-state index >= 15 is 0 Å². The summed E-state index contributed by atoms with van der Waals surface area (Å²) in [6.07, 6.45) is 1.25. The smallest absolute Gasteiger partial charge is 0.118 e. The highest BCUT2D eigenvalue weighted by molar-refractivity contribution is 5.27. The number of hydrogen-bond donors (Lipinski definition) is 1. The summed E-state index contributed by atoms with van der Waals surface area (Å²) in [6, 6.07) is 8.37. The minimum atomic E-state index is 0.932. The second-order valence-electron chi connectivity index (χ2n) is 4.23. The van der Waals surface area contributed by atoms with Crippen LogP contribution in [0.5, 0.6) is 5.75 Å². The molecule has 1 N–H and O–H groups in total. The van der Waals surface area contributed by atoms with Crippen molar-refractivity contribution in [3.8, 4) is 5.75 Å². The van der Waals surface area contributed by atoms with Gasteiger partial charge in [0.15, 0.2) is 0 Å². The van der Waals surface area contributed by atoms with E-state index in [4.69, 9.17) is 4.74 Å². The Bertz CT molecular complexity index is 302. The molecule has 2 rings (SSSR count). The van der Waals surface area contributed by atoms with Gasteiger partial charge in [-0.1, -0.05) is 12.1 Å². The molecule has 0 radical (unpaired) electrons. The van der Waals surface area contributed by atoms with E-state index in [9.17, 15) is 0 Å². The first-order valence-corrected chi connectivity index (χ1v) is 5.94. The van der Waals surface area contributed by atoms with Gasteiger partial charge in [0.05, 0.1) is 7.11 Å². The van der Waals surface area contributed by atoms with Gasteiger partial charge in [-0.3, -0.25) is 4.90 Å². The van der Waals surface area contributed by atoms with Crippen LogP contribution in [0.25, 0.3) is 0 Å². The standard InChI is InChI=1S/C13H20N2O/c1-16-13-5-3-12(4-6-13)11-15-9-2-7-14-8-10-15/h3-6,14H,2,7-11H2,1H3. The summed E-state index contributed by atoms with van der Waals surface area (Å²) in [4.78, 5) is 2.50. The van der Waals surface area contributed by atoms with Crippen LogP contribution in [-0.2, 0) is 6.54 Å². The second-order valence-corrected chi connectivity index (χ2v) is 4.23. The third-order valence-electron chi connectivity index (χ3n) is 3.00. The predicted molar refractivity (Wildman–Crippen MR) is 65.8 cm³/mol. The summed E-state index contributed by atoms with van der Waals surface area (Å²) in [6.45, 7) is 5.64. The van der Waals surface area contributed by atoms with Crippen molar-refractivity contribution in [3.05, 3.63) is 29.8 Å². The van der Waals surface area contributed by atoms with Crippen molar-refractivity contribution in [3.63, 3.8) is 0 Å². The Morgan fingerprint density at radius 2 is 2.00 bits per heavy atom. The van der Waals surface area contributed by atoms with Gasteiger partial charge in [0.25, 0.3) is 0 Å².